The Bertz CT molecular complexity index is 612. The van der Waals surface area contributed by atoms with Crippen molar-refractivity contribution in [2.24, 2.45) is 0 Å². The van der Waals surface area contributed by atoms with E-state index in [4.69, 9.17) is 4.74 Å². The first-order chi connectivity index (χ1) is 10.7. The van der Waals surface area contributed by atoms with Crippen molar-refractivity contribution in [2.75, 3.05) is 6.61 Å². The van der Waals surface area contributed by atoms with Crippen molar-refractivity contribution in [1.82, 2.24) is 5.32 Å². The Morgan fingerprint density at radius 2 is 1.87 bits per heavy atom. The van der Waals surface area contributed by atoms with Crippen molar-refractivity contribution >= 4 is 11.9 Å². The van der Waals surface area contributed by atoms with E-state index in [0.29, 0.717) is 5.56 Å². The molecule has 0 aromatic heterocycles. The van der Waals surface area contributed by atoms with Crippen LogP contribution in [0.5, 0.6) is 0 Å². The zero-order valence-corrected chi connectivity index (χ0v) is 12.7. The standard InChI is InChI=1S/C16H16F3NO3/c1-3-23-15(22)14(20-11(2)21)6-4-5-12-7-9-13(10-8-12)16(17,18)19/h7-10,14H,3,6H2,1-2H3,(H,20,21)/t14-/m0/s1. The number of ether oxygens (including phenoxy) is 1. The van der Waals surface area contributed by atoms with Gasteiger partial charge in [-0.3, -0.25) is 4.79 Å². The van der Waals surface area contributed by atoms with Crippen molar-refractivity contribution in [3.05, 3.63) is 35.4 Å². The van der Waals surface area contributed by atoms with Crippen LogP contribution in [-0.2, 0) is 20.5 Å². The number of rotatable bonds is 4. The first-order valence-electron chi connectivity index (χ1n) is 6.84. The Hall–Kier alpha value is -2.49. The second-order valence-electron chi connectivity index (χ2n) is 4.59. The van der Waals surface area contributed by atoms with Crippen LogP contribution in [-0.4, -0.2) is 24.5 Å². The Kier molecular flexibility index (Phi) is 6.64. The van der Waals surface area contributed by atoms with Crippen LogP contribution >= 0.6 is 0 Å². The van der Waals surface area contributed by atoms with E-state index in [1.807, 2.05) is 0 Å². The Balaban J connectivity index is 2.76. The summed E-state index contributed by atoms with van der Waals surface area (Å²) >= 11 is 0. The van der Waals surface area contributed by atoms with Gasteiger partial charge in [0.1, 0.15) is 6.04 Å². The molecule has 0 saturated heterocycles. The van der Waals surface area contributed by atoms with Crippen LogP contribution in [0.2, 0.25) is 0 Å². The molecule has 1 rings (SSSR count). The molecule has 0 saturated carbocycles. The second kappa shape index (κ2) is 8.22. The Labute approximate surface area is 132 Å². The van der Waals surface area contributed by atoms with Crippen molar-refractivity contribution in [2.45, 2.75) is 32.5 Å². The largest absolute Gasteiger partial charge is 0.464 e. The molecule has 1 aromatic carbocycles. The van der Waals surface area contributed by atoms with E-state index in [0.717, 1.165) is 12.1 Å². The van der Waals surface area contributed by atoms with Crippen LogP contribution in [0.1, 0.15) is 31.4 Å². The van der Waals surface area contributed by atoms with E-state index in [1.165, 1.54) is 19.1 Å². The van der Waals surface area contributed by atoms with Gasteiger partial charge in [0, 0.05) is 18.9 Å². The fourth-order valence-corrected chi connectivity index (χ4v) is 1.68. The minimum atomic E-state index is -4.40. The van der Waals surface area contributed by atoms with Crippen molar-refractivity contribution < 1.29 is 27.5 Å². The number of halogens is 3. The number of carbonyl (C=O) groups is 2. The molecule has 0 heterocycles. The number of hydrogen-bond acceptors (Lipinski definition) is 3. The summed E-state index contributed by atoms with van der Waals surface area (Å²) in [5, 5.41) is 2.42. The number of benzene rings is 1. The maximum Gasteiger partial charge on any atom is 0.416 e. The van der Waals surface area contributed by atoms with Crippen LogP contribution in [0, 0.1) is 11.8 Å². The lowest BCUT2D eigenvalue weighted by Gasteiger charge is -2.13. The summed E-state index contributed by atoms with van der Waals surface area (Å²) in [5.74, 6) is 4.30. The van der Waals surface area contributed by atoms with Crippen LogP contribution in [0.25, 0.3) is 0 Å². The maximum atomic E-state index is 12.4. The van der Waals surface area contributed by atoms with Gasteiger partial charge in [0.05, 0.1) is 12.2 Å². The number of hydrogen-bond donors (Lipinski definition) is 1. The van der Waals surface area contributed by atoms with E-state index in [9.17, 15) is 22.8 Å². The molecule has 124 valence electrons. The molecule has 0 aliphatic rings. The van der Waals surface area contributed by atoms with Gasteiger partial charge in [-0.25, -0.2) is 4.79 Å². The first-order valence-corrected chi connectivity index (χ1v) is 6.84. The van der Waals surface area contributed by atoms with E-state index in [2.05, 4.69) is 17.2 Å². The van der Waals surface area contributed by atoms with Crippen molar-refractivity contribution in [3.63, 3.8) is 0 Å². The molecule has 4 nitrogen and oxygen atoms in total. The van der Waals surface area contributed by atoms with Gasteiger partial charge in [-0.2, -0.15) is 13.2 Å². The van der Waals surface area contributed by atoms with Crippen molar-refractivity contribution in [3.8, 4) is 11.8 Å². The average Bonchev–Trinajstić information content (AvgIpc) is 2.45. The lowest BCUT2D eigenvalue weighted by Crippen LogP contribution is -2.40. The monoisotopic (exact) mass is 327 g/mol. The zero-order chi connectivity index (χ0) is 17.5. The lowest BCUT2D eigenvalue weighted by atomic mass is 10.1. The normalized spacial score (nSPS) is 11.9. The topological polar surface area (TPSA) is 55.4 Å². The summed E-state index contributed by atoms with van der Waals surface area (Å²) in [5.41, 5.74) is -0.380. The summed E-state index contributed by atoms with van der Waals surface area (Å²) in [4.78, 5) is 22.7. The minimum absolute atomic E-state index is 0.000560. The predicted octanol–water partition coefficient (Wildman–Crippen LogP) is 2.51. The molecule has 23 heavy (non-hydrogen) atoms. The lowest BCUT2D eigenvalue weighted by molar-refractivity contribution is -0.147. The Morgan fingerprint density at radius 3 is 2.35 bits per heavy atom. The summed E-state index contributed by atoms with van der Waals surface area (Å²) in [6.45, 7) is 3.06. The predicted molar refractivity (Wildman–Crippen MR) is 77.2 cm³/mol. The van der Waals surface area contributed by atoms with E-state index in [1.54, 1.807) is 6.92 Å². The van der Waals surface area contributed by atoms with Gasteiger partial charge in [-0.1, -0.05) is 11.8 Å². The van der Waals surface area contributed by atoms with Gasteiger partial charge in [0.2, 0.25) is 5.91 Å². The number of nitrogens with one attached hydrogen (secondary N) is 1. The molecule has 0 fully saturated rings. The molecule has 0 bridgehead atoms. The number of esters is 1. The summed E-state index contributed by atoms with van der Waals surface area (Å²) in [6.07, 6.45) is -4.40. The highest BCUT2D eigenvalue weighted by molar-refractivity contribution is 5.83. The van der Waals surface area contributed by atoms with Crippen LogP contribution in [0.3, 0.4) is 0 Å². The highest BCUT2D eigenvalue weighted by atomic mass is 19.4. The average molecular weight is 327 g/mol. The third-order valence-electron chi connectivity index (χ3n) is 2.70. The molecular formula is C16H16F3NO3. The van der Waals surface area contributed by atoms with E-state index >= 15 is 0 Å². The third-order valence-corrected chi connectivity index (χ3v) is 2.70. The van der Waals surface area contributed by atoms with E-state index < -0.39 is 29.7 Å². The number of amides is 1. The van der Waals surface area contributed by atoms with Crippen LogP contribution in [0.15, 0.2) is 24.3 Å². The summed E-state index contributed by atoms with van der Waals surface area (Å²) < 4.78 is 42.1. The third kappa shape index (κ3) is 6.43. The van der Waals surface area contributed by atoms with Crippen molar-refractivity contribution in [1.29, 1.82) is 0 Å². The number of alkyl halides is 3. The van der Waals surface area contributed by atoms with Gasteiger partial charge in [-0.15, -0.1) is 0 Å². The molecule has 1 atom stereocenters. The molecule has 1 N–H and O–H groups in total. The zero-order valence-electron chi connectivity index (χ0n) is 12.7. The quantitative estimate of drug-likeness (QED) is 0.683. The minimum Gasteiger partial charge on any atom is -0.464 e. The number of carbonyl (C=O) groups excluding carboxylic acids is 2. The fourth-order valence-electron chi connectivity index (χ4n) is 1.68. The molecule has 0 aliphatic carbocycles. The van der Waals surface area contributed by atoms with Gasteiger partial charge in [-0.05, 0) is 31.2 Å². The van der Waals surface area contributed by atoms with Gasteiger partial charge in [0.25, 0.3) is 0 Å². The van der Waals surface area contributed by atoms with Gasteiger partial charge in [0.15, 0.2) is 0 Å². The smallest absolute Gasteiger partial charge is 0.416 e. The molecular weight excluding hydrogens is 311 g/mol. The summed E-state index contributed by atoms with van der Waals surface area (Å²) in [6, 6.07) is 3.44. The SMILES string of the molecule is CCOC(=O)[C@H](CC#Cc1ccc(C(F)(F)F)cc1)NC(C)=O. The van der Waals surface area contributed by atoms with Gasteiger partial charge < -0.3 is 10.1 Å². The molecule has 7 heteroatoms. The van der Waals surface area contributed by atoms with E-state index in [-0.39, 0.29) is 13.0 Å². The molecule has 1 amide bonds. The molecule has 0 aliphatic heterocycles. The molecule has 0 radical (unpaired) electrons. The maximum absolute atomic E-state index is 12.4. The molecule has 1 aromatic rings. The van der Waals surface area contributed by atoms with Crippen LogP contribution < -0.4 is 5.32 Å². The Morgan fingerprint density at radius 1 is 1.26 bits per heavy atom. The van der Waals surface area contributed by atoms with Crippen LogP contribution in [0.4, 0.5) is 13.2 Å². The first kappa shape index (κ1) is 18.6. The highest BCUT2D eigenvalue weighted by Crippen LogP contribution is 2.28. The second-order valence-corrected chi connectivity index (χ2v) is 4.59. The fraction of sp³-hybridized carbons (Fsp3) is 0.375. The molecule has 0 unspecified atom stereocenters. The van der Waals surface area contributed by atoms with Gasteiger partial charge >= 0.3 is 12.1 Å². The summed E-state index contributed by atoms with van der Waals surface area (Å²) in [7, 11) is 0. The highest BCUT2D eigenvalue weighted by Gasteiger charge is 2.29. The molecule has 0 spiro atoms.